The molecule has 1 aliphatic rings. The molecule has 0 bridgehead atoms. The molecule has 1 aliphatic carbocycles. The van der Waals surface area contributed by atoms with Gasteiger partial charge in [0.2, 0.25) is 0 Å². The maximum atomic E-state index is 11.4. The molecule has 1 heterocycles. The Morgan fingerprint density at radius 2 is 1.95 bits per heavy atom. The van der Waals surface area contributed by atoms with Gasteiger partial charge >= 0.3 is 39.4 Å². The number of hydrogen-bond acceptors (Lipinski definition) is 3. The third-order valence-electron chi connectivity index (χ3n) is 2.14. The van der Waals surface area contributed by atoms with E-state index in [1.165, 1.54) is 18.5 Å². The standard InChI is InChI=1S/C11H9N3O3.ClH.Pt/c15-9-4-2-1-3-7(9)5-12-8-6-13-11(17)14-10(8)16;;/h1-6,12H,(H2,13,14,16,17);1H;/q;;+1. The van der Waals surface area contributed by atoms with Crippen LogP contribution in [0.25, 0.3) is 0 Å². The number of rotatable bonds is 2. The van der Waals surface area contributed by atoms with Crippen molar-refractivity contribution < 1.29 is 28.4 Å². The van der Waals surface area contributed by atoms with Gasteiger partial charge in [0.1, 0.15) is 0 Å². The van der Waals surface area contributed by atoms with E-state index in [9.17, 15) is 14.4 Å². The van der Waals surface area contributed by atoms with Crippen LogP contribution < -0.4 is 16.6 Å². The molecule has 0 aromatic carbocycles. The number of allylic oxidation sites excluding steroid dienone is 5. The summed E-state index contributed by atoms with van der Waals surface area (Å²) in [6, 6.07) is 0. The van der Waals surface area contributed by atoms with E-state index >= 15 is 0 Å². The molecular formula is C11H10ClN3O3Pt+. The monoisotopic (exact) mass is 462 g/mol. The van der Waals surface area contributed by atoms with Crippen molar-refractivity contribution in [3.05, 3.63) is 58.3 Å². The van der Waals surface area contributed by atoms with Crippen LogP contribution in [0.3, 0.4) is 0 Å². The van der Waals surface area contributed by atoms with E-state index in [4.69, 9.17) is 0 Å². The van der Waals surface area contributed by atoms with Gasteiger partial charge in [-0.15, -0.1) is 0 Å². The molecule has 0 aliphatic heterocycles. The first-order valence-electron chi connectivity index (χ1n) is 4.98. The minimum absolute atomic E-state index is 0.132. The Balaban J connectivity index is 0.000000861. The van der Waals surface area contributed by atoms with Crippen LogP contribution in [0.1, 0.15) is 0 Å². The van der Waals surface area contributed by atoms with Gasteiger partial charge in [0.05, 0.1) is 0 Å². The Hall–Kier alpha value is -1.65. The van der Waals surface area contributed by atoms with Gasteiger partial charge in [-0.2, -0.15) is 0 Å². The van der Waals surface area contributed by atoms with Crippen LogP contribution in [0.5, 0.6) is 0 Å². The Kier molecular flexibility index (Phi) is 6.25. The van der Waals surface area contributed by atoms with Gasteiger partial charge in [-0.1, -0.05) is 12.2 Å². The molecule has 0 fully saturated rings. The summed E-state index contributed by atoms with van der Waals surface area (Å²) in [5, 5.41) is 2.72. The van der Waals surface area contributed by atoms with Gasteiger partial charge in [-0.25, -0.2) is 9.78 Å². The number of nitrogens with one attached hydrogen (secondary N) is 3. The Morgan fingerprint density at radius 1 is 1.26 bits per heavy atom. The number of carbonyl (C=O) groups is 1. The van der Waals surface area contributed by atoms with Gasteiger partial charge in [0.15, 0.2) is 11.5 Å². The number of H-pyrrole nitrogens is 2. The van der Waals surface area contributed by atoms with E-state index in [1.54, 1.807) is 37.0 Å². The second kappa shape index (κ2) is 7.71. The molecule has 0 saturated carbocycles. The molecule has 8 heteroatoms. The molecule has 0 amide bonds. The van der Waals surface area contributed by atoms with Gasteiger partial charge < -0.3 is 10.3 Å². The first-order chi connectivity index (χ1) is 9.16. The van der Waals surface area contributed by atoms with Gasteiger partial charge in [0, 0.05) is 18.0 Å². The van der Waals surface area contributed by atoms with Crippen molar-refractivity contribution in [1.82, 2.24) is 9.97 Å². The molecule has 0 unspecified atom stereocenters. The molecule has 0 radical (unpaired) electrons. The van der Waals surface area contributed by atoms with Crippen LogP contribution >= 0.6 is 9.42 Å². The van der Waals surface area contributed by atoms with E-state index < -0.39 is 5.69 Å². The van der Waals surface area contributed by atoms with Crippen LogP contribution in [0.2, 0.25) is 0 Å². The SMILES string of the molecule is O=C1C=CC=CC1=CNc1c[nH]c(=O)[nH]c1=[OH+].[Cl][Pt]. The van der Waals surface area contributed by atoms with Crippen LogP contribution in [0, 0.1) is 0 Å². The summed E-state index contributed by atoms with van der Waals surface area (Å²) in [6.45, 7) is 0. The molecular weight excluding hydrogens is 453 g/mol. The maximum absolute atomic E-state index is 11.4. The van der Waals surface area contributed by atoms with Crippen molar-refractivity contribution in [1.29, 1.82) is 0 Å². The van der Waals surface area contributed by atoms with E-state index in [2.05, 4.69) is 24.7 Å². The van der Waals surface area contributed by atoms with Gasteiger partial charge in [-0.05, 0) is 12.2 Å². The number of anilines is 1. The van der Waals surface area contributed by atoms with Crippen molar-refractivity contribution >= 4 is 20.9 Å². The zero-order valence-electron chi connectivity index (χ0n) is 9.42. The van der Waals surface area contributed by atoms with Crippen molar-refractivity contribution in [3.8, 4) is 0 Å². The fourth-order valence-corrected chi connectivity index (χ4v) is 1.28. The average Bonchev–Trinajstić information content (AvgIpc) is 2.42. The fraction of sp³-hybridized carbons (Fsp3) is 0. The summed E-state index contributed by atoms with van der Waals surface area (Å²) in [5.74, 6) is -0.132. The van der Waals surface area contributed by atoms with Crippen LogP contribution in [0.15, 0.2) is 47.1 Å². The van der Waals surface area contributed by atoms with Crippen molar-refractivity contribution in [2.75, 3.05) is 5.32 Å². The number of aromatic amines is 2. The van der Waals surface area contributed by atoms with Crippen LogP contribution in [-0.2, 0) is 23.6 Å². The number of halogens is 1. The molecule has 6 nitrogen and oxygen atoms in total. The van der Waals surface area contributed by atoms with Crippen LogP contribution in [0.4, 0.5) is 5.69 Å². The molecule has 1 aromatic rings. The molecule has 1 aromatic heterocycles. The number of aromatic nitrogens is 2. The van der Waals surface area contributed by atoms with E-state index in [-0.39, 0.29) is 17.0 Å². The summed E-state index contributed by atoms with van der Waals surface area (Å²) < 4.78 is 0. The Labute approximate surface area is 123 Å². The first kappa shape index (κ1) is 15.4. The van der Waals surface area contributed by atoms with E-state index in [0.29, 0.717) is 5.57 Å². The van der Waals surface area contributed by atoms with Crippen molar-refractivity contribution in [2.24, 2.45) is 0 Å². The third kappa shape index (κ3) is 4.50. The summed E-state index contributed by atoms with van der Waals surface area (Å²) in [4.78, 5) is 36.1. The molecule has 0 saturated heterocycles. The first-order valence-corrected chi connectivity index (χ1v) is 7.80. The summed E-state index contributed by atoms with van der Waals surface area (Å²) in [5.41, 5.74) is -0.0865. The van der Waals surface area contributed by atoms with Gasteiger partial charge in [0.25, 0.3) is 0 Å². The van der Waals surface area contributed by atoms with Crippen LogP contribution in [-0.4, -0.2) is 20.5 Å². The Bertz CT molecular complexity index is 658. The molecule has 0 atom stereocenters. The zero-order valence-corrected chi connectivity index (χ0v) is 12.5. The average molecular weight is 463 g/mol. The summed E-state index contributed by atoms with van der Waals surface area (Å²) >= 11 is 1.61. The van der Waals surface area contributed by atoms with E-state index in [1.807, 2.05) is 0 Å². The molecule has 103 valence electrons. The predicted molar refractivity (Wildman–Crippen MR) is 67.3 cm³/mol. The normalized spacial score (nSPS) is 15.1. The van der Waals surface area contributed by atoms with Crippen molar-refractivity contribution in [2.45, 2.75) is 0 Å². The van der Waals surface area contributed by atoms with E-state index in [0.717, 1.165) is 0 Å². The van der Waals surface area contributed by atoms with Crippen molar-refractivity contribution in [3.63, 3.8) is 0 Å². The molecule has 0 spiro atoms. The third-order valence-corrected chi connectivity index (χ3v) is 2.14. The second-order valence-electron chi connectivity index (χ2n) is 3.33. The summed E-state index contributed by atoms with van der Waals surface area (Å²) in [7, 11) is 4.61. The minimum atomic E-state index is -0.516. The quantitative estimate of drug-likeness (QED) is 0.438. The number of carbonyl (C=O) groups excluding carboxylic acids is 1. The van der Waals surface area contributed by atoms with Gasteiger partial charge in [-0.3, -0.25) is 9.59 Å². The fourth-order valence-electron chi connectivity index (χ4n) is 1.28. The predicted octanol–water partition coefficient (Wildman–Crippen LogP) is 0.386. The zero-order chi connectivity index (χ0) is 14.3. The molecule has 2 rings (SSSR count). The number of ketones is 1. The summed E-state index contributed by atoms with van der Waals surface area (Å²) in [6.07, 6.45) is 9.20. The Morgan fingerprint density at radius 3 is 2.58 bits per heavy atom. The molecule has 4 N–H and O–H groups in total. The molecule has 19 heavy (non-hydrogen) atoms. The second-order valence-corrected chi connectivity index (χ2v) is 3.33. The topological polar surface area (TPSA) is 99.2 Å². The number of hydrogen-bond donors (Lipinski definition) is 3.